The lowest BCUT2D eigenvalue weighted by molar-refractivity contribution is -0.350. The second-order valence-electron chi connectivity index (χ2n) is 8.90. The van der Waals surface area contributed by atoms with Crippen molar-refractivity contribution in [2.45, 2.75) is 64.3 Å². The third-order valence-corrected chi connectivity index (χ3v) is 6.67. The number of hydrogen-bond acceptors (Lipinski definition) is 7. The molecular weight excluding hydrogens is 390 g/mol. The molecule has 0 saturated carbocycles. The van der Waals surface area contributed by atoms with Crippen LogP contribution in [0.3, 0.4) is 0 Å². The molecule has 0 radical (unpaired) electrons. The number of ether oxygens (including phenoxy) is 3. The zero-order valence-electron chi connectivity index (χ0n) is 17.7. The average Bonchev–Trinajstić information content (AvgIpc) is 3.29. The summed E-state index contributed by atoms with van der Waals surface area (Å²) in [5.74, 6) is -2.59. The third kappa shape index (κ3) is 3.05. The summed E-state index contributed by atoms with van der Waals surface area (Å²) in [6, 6.07) is 0. The van der Waals surface area contributed by atoms with Crippen molar-refractivity contribution in [3.05, 3.63) is 35.1 Å². The molecule has 0 unspecified atom stereocenters. The predicted molar refractivity (Wildman–Crippen MR) is 105 cm³/mol. The number of epoxide rings is 1. The summed E-state index contributed by atoms with van der Waals surface area (Å²) in [5.41, 5.74) is -0.167. The van der Waals surface area contributed by atoms with Gasteiger partial charge in [-0.15, -0.1) is 0 Å². The van der Waals surface area contributed by atoms with Crippen molar-refractivity contribution < 1.29 is 33.7 Å². The van der Waals surface area contributed by atoms with E-state index in [0.717, 1.165) is 5.57 Å². The predicted octanol–water partition coefficient (Wildman–Crippen LogP) is 1.51. The first-order valence-electron chi connectivity index (χ1n) is 10.2. The van der Waals surface area contributed by atoms with Gasteiger partial charge in [0, 0.05) is 11.8 Å². The number of carbonyl (C=O) groups excluding carboxylic acids is 3. The number of allylic oxidation sites excluding steroid dienone is 3. The summed E-state index contributed by atoms with van der Waals surface area (Å²) < 4.78 is 18.0. The molecule has 4 saturated heterocycles. The molecule has 0 aromatic heterocycles. The van der Waals surface area contributed by atoms with Crippen LogP contribution in [0.4, 0.5) is 0 Å². The molecule has 162 valence electrons. The van der Waals surface area contributed by atoms with Crippen LogP contribution in [0.2, 0.25) is 0 Å². The van der Waals surface area contributed by atoms with Crippen molar-refractivity contribution in [1.29, 1.82) is 0 Å². The minimum Gasteiger partial charge on any atom is -0.507 e. The van der Waals surface area contributed by atoms with Gasteiger partial charge in [-0.3, -0.25) is 14.4 Å². The first-order valence-corrected chi connectivity index (χ1v) is 10.2. The average molecular weight is 417 g/mol. The van der Waals surface area contributed by atoms with E-state index in [2.05, 4.69) is 5.32 Å². The van der Waals surface area contributed by atoms with E-state index in [1.807, 2.05) is 40.7 Å². The second kappa shape index (κ2) is 6.87. The fourth-order valence-electron chi connectivity index (χ4n) is 4.67. The number of aliphatic hydroxyl groups is 1. The Morgan fingerprint density at radius 1 is 1.20 bits per heavy atom. The molecule has 4 aliphatic rings. The molecule has 8 nitrogen and oxygen atoms in total. The van der Waals surface area contributed by atoms with Gasteiger partial charge in [-0.2, -0.15) is 0 Å². The molecule has 4 heterocycles. The van der Waals surface area contributed by atoms with Crippen LogP contribution in [-0.4, -0.2) is 58.8 Å². The van der Waals surface area contributed by atoms with Gasteiger partial charge in [-0.05, 0) is 26.8 Å². The largest absolute Gasteiger partial charge is 0.507 e. The SMILES string of the molecule is CC(/C=C\C(O)=C1\C(=O)CNC1=O)=C/[C@H](C)[C@H]1O[C@]2(C)O[C@@H](C(=O)[C@H]3O[C@]32C)[C@H]1C. The normalized spacial score (nSPS) is 43.5. The summed E-state index contributed by atoms with van der Waals surface area (Å²) in [5, 5.41) is 12.5. The number of hydrogen-bond donors (Lipinski definition) is 2. The van der Waals surface area contributed by atoms with Crippen LogP contribution < -0.4 is 5.32 Å². The minimum atomic E-state index is -0.988. The summed E-state index contributed by atoms with van der Waals surface area (Å²) in [7, 11) is 0. The molecule has 1 amide bonds. The Hall–Kier alpha value is -2.29. The van der Waals surface area contributed by atoms with Gasteiger partial charge in [0.05, 0.1) is 12.6 Å². The van der Waals surface area contributed by atoms with Gasteiger partial charge in [-0.1, -0.05) is 31.6 Å². The van der Waals surface area contributed by atoms with Crippen LogP contribution >= 0.6 is 0 Å². The molecule has 2 bridgehead atoms. The van der Waals surface area contributed by atoms with Crippen molar-refractivity contribution in [1.82, 2.24) is 5.32 Å². The van der Waals surface area contributed by atoms with E-state index in [4.69, 9.17) is 14.2 Å². The number of carbonyl (C=O) groups is 3. The molecule has 2 N–H and O–H groups in total. The standard InChI is InChI=1S/C22H27NO7/c1-10(6-7-13(24)15-14(25)9-23-20(15)27)8-11(2)17-12(3)18-16(26)19-21(4,30-19)22(5,28-17)29-18/h6-8,11-12,17-19,24H,9H2,1-5H3,(H,23,27)/b7-6-,10-8-,15-13+/t11-,12-,17+,18+,19+,21+,22+/m0/s1. The topological polar surface area (TPSA) is 114 Å². The molecule has 0 aromatic rings. The Morgan fingerprint density at radius 3 is 2.53 bits per heavy atom. The van der Waals surface area contributed by atoms with Crippen molar-refractivity contribution in [3.8, 4) is 0 Å². The number of fused-ring (bicyclic) bond motifs is 4. The maximum atomic E-state index is 12.7. The fraction of sp³-hybridized carbons (Fsp3) is 0.591. The number of amides is 1. The van der Waals surface area contributed by atoms with E-state index >= 15 is 0 Å². The van der Waals surface area contributed by atoms with Crippen molar-refractivity contribution in [3.63, 3.8) is 0 Å². The smallest absolute Gasteiger partial charge is 0.259 e. The second-order valence-corrected chi connectivity index (χ2v) is 8.90. The first-order chi connectivity index (χ1) is 14.0. The highest BCUT2D eigenvalue weighted by atomic mass is 16.8. The highest BCUT2D eigenvalue weighted by Crippen LogP contribution is 2.57. The number of Topliss-reactive ketones (excluding diaryl/α,β-unsaturated/α-hetero) is 2. The summed E-state index contributed by atoms with van der Waals surface area (Å²) in [6.07, 6.45) is 3.64. The van der Waals surface area contributed by atoms with Crippen molar-refractivity contribution in [2.24, 2.45) is 11.8 Å². The molecule has 7 atom stereocenters. The number of aliphatic hydroxyl groups excluding tert-OH is 1. The Labute approximate surface area is 174 Å². The van der Waals surface area contributed by atoms with Gasteiger partial charge in [0.2, 0.25) is 0 Å². The fourth-order valence-corrected chi connectivity index (χ4v) is 4.67. The summed E-state index contributed by atoms with van der Waals surface area (Å²) in [4.78, 5) is 36.0. The number of nitrogens with one attached hydrogen (secondary N) is 1. The highest BCUT2D eigenvalue weighted by molar-refractivity contribution is 6.25. The van der Waals surface area contributed by atoms with Gasteiger partial charge in [0.15, 0.2) is 29.1 Å². The van der Waals surface area contributed by atoms with Crippen LogP contribution in [-0.2, 0) is 28.6 Å². The van der Waals surface area contributed by atoms with Crippen LogP contribution in [0, 0.1) is 11.8 Å². The van der Waals surface area contributed by atoms with Gasteiger partial charge in [0.1, 0.15) is 17.4 Å². The highest BCUT2D eigenvalue weighted by Gasteiger charge is 2.76. The Bertz CT molecular complexity index is 900. The Kier molecular flexibility index (Phi) is 4.80. The lowest BCUT2D eigenvalue weighted by Crippen LogP contribution is -2.66. The molecule has 0 spiro atoms. The van der Waals surface area contributed by atoms with E-state index in [1.54, 1.807) is 6.08 Å². The number of rotatable bonds is 4. The van der Waals surface area contributed by atoms with Crippen LogP contribution in [0.1, 0.15) is 34.6 Å². The monoisotopic (exact) mass is 417 g/mol. The van der Waals surface area contributed by atoms with E-state index in [9.17, 15) is 19.5 Å². The summed E-state index contributed by atoms with van der Waals surface area (Å²) >= 11 is 0. The van der Waals surface area contributed by atoms with Gasteiger partial charge >= 0.3 is 0 Å². The molecule has 0 aromatic carbocycles. The quantitative estimate of drug-likeness (QED) is 0.234. The molecule has 8 heteroatoms. The Morgan fingerprint density at radius 2 is 1.90 bits per heavy atom. The Balaban J connectivity index is 1.51. The van der Waals surface area contributed by atoms with Crippen molar-refractivity contribution >= 4 is 17.5 Å². The third-order valence-electron chi connectivity index (χ3n) is 6.67. The van der Waals surface area contributed by atoms with Gasteiger partial charge in [-0.25, -0.2) is 0 Å². The first kappa shape index (κ1) is 21.0. The lowest BCUT2D eigenvalue weighted by atomic mass is 9.78. The van der Waals surface area contributed by atoms with E-state index < -0.39 is 35.3 Å². The number of ketones is 2. The van der Waals surface area contributed by atoms with E-state index in [-0.39, 0.29) is 41.6 Å². The van der Waals surface area contributed by atoms with Crippen LogP contribution in [0.15, 0.2) is 35.1 Å². The van der Waals surface area contributed by atoms with Crippen LogP contribution in [0.5, 0.6) is 0 Å². The maximum absolute atomic E-state index is 12.7. The lowest BCUT2D eigenvalue weighted by Gasteiger charge is -2.51. The molecule has 4 aliphatic heterocycles. The maximum Gasteiger partial charge on any atom is 0.259 e. The van der Waals surface area contributed by atoms with Crippen molar-refractivity contribution in [2.75, 3.05) is 6.54 Å². The summed E-state index contributed by atoms with van der Waals surface area (Å²) in [6.45, 7) is 9.34. The molecule has 30 heavy (non-hydrogen) atoms. The van der Waals surface area contributed by atoms with E-state index in [1.165, 1.54) is 6.08 Å². The molecule has 4 fully saturated rings. The van der Waals surface area contributed by atoms with Gasteiger partial charge < -0.3 is 24.6 Å². The zero-order valence-corrected chi connectivity index (χ0v) is 17.7. The minimum absolute atomic E-state index is 0.0281. The van der Waals surface area contributed by atoms with Crippen LogP contribution in [0.25, 0.3) is 0 Å². The van der Waals surface area contributed by atoms with E-state index in [0.29, 0.717) is 0 Å². The zero-order chi connectivity index (χ0) is 22.0. The molecular formula is C22H27NO7. The van der Waals surface area contributed by atoms with Gasteiger partial charge in [0.25, 0.3) is 5.91 Å². The molecule has 0 aliphatic carbocycles. The molecule has 4 rings (SSSR count).